The maximum Gasteiger partial charge on any atom is 0.254 e. The number of likely N-dealkylation sites (N-methyl/N-ethyl adjacent to an activating group) is 1. The van der Waals surface area contributed by atoms with E-state index in [-0.39, 0.29) is 5.91 Å². The summed E-state index contributed by atoms with van der Waals surface area (Å²) in [6.07, 6.45) is 0. The fourth-order valence-electron chi connectivity index (χ4n) is 1.66. The number of hydrogen-bond acceptors (Lipinski definition) is 2. The van der Waals surface area contributed by atoms with Crippen molar-refractivity contribution in [2.45, 2.75) is 26.4 Å². The normalized spacial score (nSPS) is 11.4. The van der Waals surface area contributed by atoms with Crippen LogP contribution in [0, 0.1) is 6.92 Å². The van der Waals surface area contributed by atoms with Gasteiger partial charge in [0.1, 0.15) is 0 Å². The Morgan fingerprint density at radius 3 is 2.59 bits per heavy atom. The van der Waals surface area contributed by atoms with E-state index in [1.165, 1.54) is 4.90 Å². The van der Waals surface area contributed by atoms with E-state index >= 15 is 0 Å². The van der Waals surface area contributed by atoms with Gasteiger partial charge in [0.15, 0.2) is 0 Å². The van der Waals surface area contributed by atoms with Crippen LogP contribution in [0.5, 0.6) is 0 Å². The number of nitrogens with zero attached hydrogens (tertiary/aromatic N) is 1. The van der Waals surface area contributed by atoms with Gasteiger partial charge in [0.05, 0.1) is 11.2 Å². The van der Waals surface area contributed by atoms with Crippen molar-refractivity contribution in [3.63, 3.8) is 0 Å². The van der Waals surface area contributed by atoms with Gasteiger partial charge in [0.2, 0.25) is 0 Å². The second-order valence-corrected chi connectivity index (χ2v) is 5.81. The Morgan fingerprint density at radius 2 is 2.06 bits per heavy atom. The van der Waals surface area contributed by atoms with E-state index in [0.29, 0.717) is 12.1 Å². The number of aryl methyl sites for hydroxylation is 1. The molecule has 0 atom stereocenters. The Balaban J connectivity index is 2.93. The topological polar surface area (TPSA) is 40.5 Å². The molecule has 17 heavy (non-hydrogen) atoms. The molecule has 0 aliphatic rings. The molecule has 0 heterocycles. The molecular formula is C13H18BrNO2. The second kappa shape index (κ2) is 5.19. The summed E-state index contributed by atoms with van der Waals surface area (Å²) in [6, 6.07) is 5.64. The van der Waals surface area contributed by atoms with Crippen molar-refractivity contribution in [1.82, 2.24) is 4.90 Å². The number of aliphatic hydroxyl groups is 1. The predicted molar refractivity (Wildman–Crippen MR) is 72.1 cm³/mol. The average Bonchev–Trinajstić information content (AvgIpc) is 2.18. The number of hydrogen-bond donors (Lipinski definition) is 1. The summed E-state index contributed by atoms with van der Waals surface area (Å²) in [5.41, 5.74) is 0.769. The minimum absolute atomic E-state index is 0.0947. The van der Waals surface area contributed by atoms with Crippen molar-refractivity contribution in [1.29, 1.82) is 0 Å². The monoisotopic (exact) mass is 299 g/mol. The van der Waals surface area contributed by atoms with Crippen LogP contribution in [-0.4, -0.2) is 35.1 Å². The standard InChI is InChI=1S/C13H18BrNO2/c1-9-5-6-11(14)10(7-9)12(16)15(4)8-13(2,3)17/h5-7,17H,8H2,1-4H3. The van der Waals surface area contributed by atoms with Crippen LogP contribution < -0.4 is 0 Å². The minimum atomic E-state index is -0.888. The highest BCUT2D eigenvalue weighted by molar-refractivity contribution is 9.10. The first-order chi connectivity index (χ1) is 7.70. The molecule has 1 amide bonds. The third-order valence-electron chi connectivity index (χ3n) is 2.32. The number of rotatable bonds is 3. The third-order valence-corrected chi connectivity index (χ3v) is 3.01. The van der Waals surface area contributed by atoms with Crippen LogP contribution in [0.15, 0.2) is 22.7 Å². The highest BCUT2D eigenvalue weighted by atomic mass is 79.9. The van der Waals surface area contributed by atoms with E-state index < -0.39 is 5.60 Å². The van der Waals surface area contributed by atoms with Crippen molar-refractivity contribution >= 4 is 21.8 Å². The van der Waals surface area contributed by atoms with Gasteiger partial charge in [-0.05, 0) is 48.8 Å². The van der Waals surface area contributed by atoms with Gasteiger partial charge in [-0.2, -0.15) is 0 Å². The van der Waals surface area contributed by atoms with Gasteiger partial charge in [-0.1, -0.05) is 11.6 Å². The summed E-state index contributed by atoms with van der Waals surface area (Å²) in [6.45, 7) is 5.61. The second-order valence-electron chi connectivity index (χ2n) is 4.96. The zero-order valence-electron chi connectivity index (χ0n) is 10.6. The molecule has 94 valence electrons. The predicted octanol–water partition coefficient (Wildman–Crippen LogP) is 2.60. The zero-order valence-corrected chi connectivity index (χ0v) is 12.2. The molecule has 1 N–H and O–H groups in total. The quantitative estimate of drug-likeness (QED) is 0.932. The minimum Gasteiger partial charge on any atom is -0.389 e. The van der Waals surface area contributed by atoms with Crippen LogP contribution in [-0.2, 0) is 0 Å². The molecule has 0 bridgehead atoms. The average molecular weight is 300 g/mol. The maximum absolute atomic E-state index is 12.2. The van der Waals surface area contributed by atoms with Crippen LogP contribution in [0.25, 0.3) is 0 Å². The van der Waals surface area contributed by atoms with Crippen LogP contribution in [0.2, 0.25) is 0 Å². The molecule has 0 radical (unpaired) electrons. The maximum atomic E-state index is 12.2. The summed E-state index contributed by atoms with van der Waals surface area (Å²) in [5.74, 6) is -0.0947. The van der Waals surface area contributed by atoms with Crippen LogP contribution in [0.3, 0.4) is 0 Å². The lowest BCUT2D eigenvalue weighted by molar-refractivity contribution is 0.0367. The lowest BCUT2D eigenvalue weighted by Gasteiger charge is -2.26. The Hall–Kier alpha value is -0.870. The molecule has 1 aromatic carbocycles. The first kappa shape index (κ1) is 14.2. The van der Waals surface area contributed by atoms with Gasteiger partial charge in [-0.3, -0.25) is 4.79 Å². The molecule has 4 heteroatoms. The molecule has 0 unspecified atom stereocenters. The highest BCUT2D eigenvalue weighted by Crippen LogP contribution is 2.20. The molecule has 0 saturated carbocycles. The summed E-state index contributed by atoms with van der Waals surface area (Å²) < 4.78 is 0.774. The Labute approximate surface area is 111 Å². The Bertz CT molecular complexity index is 424. The molecular weight excluding hydrogens is 282 g/mol. The van der Waals surface area contributed by atoms with Gasteiger partial charge in [0, 0.05) is 18.1 Å². The summed E-state index contributed by atoms with van der Waals surface area (Å²) in [4.78, 5) is 13.7. The summed E-state index contributed by atoms with van der Waals surface area (Å²) >= 11 is 3.37. The lowest BCUT2D eigenvalue weighted by atomic mass is 10.1. The fourth-order valence-corrected chi connectivity index (χ4v) is 2.08. The molecule has 0 spiro atoms. The molecule has 0 aliphatic heterocycles. The summed E-state index contributed by atoms with van der Waals surface area (Å²) in [7, 11) is 1.69. The first-order valence-electron chi connectivity index (χ1n) is 5.45. The largest absolute Gasteiger partial charge is 0.389 e. The number of amides is 1. The number of carbonyl (C=O) groups excluding carboxylic acids is 1. The van der Waals surface area contributed by atoms with Crippen LogP contribution in [0.4, 0.5) is 0 Å². The van der Waals surface area contributed by atoms with E-state index in [4.69, 9.17) is 0 Å². The first-order valence-corrected chi connectivity index (χ1v) is 6.24. The summed E-state index contributed by atoms with van der Waals surface area (Å²) in [5, 5.41) is 9.70. The zero-order chi connectivity index (χ0) is 13.2. The molecule has 0 aromatic heterocycles. The molecule has 0 aliphatic carbocycles. The Morgan fingerprint density at radius 1 is 1.47 bits per heavy atom. The van der Waals surface area contributed by atoms with Gasteiger partial charge in [-0.15, -0.1) is 0 Å². The third kappa shape index (κ3) is 4.13. The smallest absolute Gasteiger partial charge is 0.254 e. The van der Waals surface area contributed by atoms with Crippen molar-refractivity contribution in [2.24, 2.45) is 0 Å². The van der Waals surface area contributed by atoms with Crippen LogP contribution in [0.1, 0.15) is 29.8 Å². The Kier molecular flexibility index (Phi) is 4.33. The molecule has 3 nitrogen and oxygen atoms in total. The van der Waals surface area contributed by atoms with Crippen molar-refractivity contribution in [3.8, 4) is 0 Å². The fraction of sp³-hybridized carbons (Fsp3) is 0.462. The number of benzene rings is 1. The van der Waals surface area contributed by atoms with E-state index in [2.05, 4.69) is 15.9 Å². The van der Waals surface area contributed by atoms with Crippen molar-refractivity contribution in [3.05, 3.63) is 33.8 Å². The molecule has 1 aromatic rings. The lowest BCUT2D eigenvalue weighted by Crippen LogP contribution is -2.39. The number of carbonyl (C=O) groups is 1. The highest BCUT2D eigenvalue weighted by Gasteiger charge is 2.21. The molecule has 0 fully saturated rings. The van der Waals surface area contributed by atoms with E-state index in [9.17, 15) is 9.90 Å². The SMILES string of the molecule is Cc1ccc(Br)c(C(=O)N(C)CC(C)(C)O)c1. The van der Waals surface area contributed by atoms with Gasteiger partial charge < -0.3 is 10.0 Å². The van der Waals surface area contributed by atoms with E-state index in [1.807, 2.05) is 25.1 Å². The van der Waals surface area contributed by atoms with Crippen molar-refractivity contribution < 1.29 is 9.90 Å². The van der Waals surface area contributed by atoms with Gasteiger partial charge in [0.25, 0.3) is 5.91 Å². The van der Waals surface area contributed by atoms with Gasteiger partial charge in [-0.25, -0.2) is 0 Å². The van der Waals surface area contributed by atoms with E-state index in [1.54, 1.807) is 20.9 Å². The number of halogens is 1. The van der Waals surface area contributed by atoms with Crippen LogP contribution >= 0.6 is 15.9 Å². The van der Waals surface area contributed by atoms with E-state index in [0.717, 1.165) is 10.0 Å². The molecule has 1 rings (SSSR count). The van der Waals surface area contributed by atoms with Crippen molar-refractivity contribution in [2.75, 3.05) is 13.6 Å². The molecule has 0 saturated heterocycles. The van der Waals surface area contributed by atoms with Gasteiger partial charge >= 0.3 is 0 Å².